The minimum Gasteiger partial charge on any atom is -0.462 e. The van der Waals surface area contributed by atoms with E-state index in [1.165, 1.54) is 0 Å². The highest BCUT2D eigenvalue weighted by atomic mass is 16.6. The fourth-order valence-electron chi connectivity index (χ4n) is 3.26. The largest absolute Gasteiger partial charge is 0.462 e. The first-order valence-electron chi connectivity index (χ1n) is 6.14. The molecule has 0 aromatic rings. The van der Waals surface area contributed by atoms with Crippen molar-refractivity contribution in [3.63, 3.8) is 0 Å². The van der Waals surface area contributed by atoms with Crippen LogP contribution in [0.3, 0.4) is 0 Å². The molecule has 2 rings (SSSR count). The van der Waals surface area contributed by atoms with Crippen molar-refractivity contribution in [3.05, 3.63) is 0 Å². The van der Waals surface area contributed by atoms with Crippen molar-refractivity contribution in [1.82, 2.24) is 0 Å². The third-order valence-corrected chi connectivity index (χ3v) is 4.48. The van der Waals surface area contributed by atoms with Crippen molar-refractivity contribution in [3.8, 4) is 0 Å². The third kappa shape index (κ3) is 1.68. The number of aliphatic hydroxyl groups is 3. The van der Waals surface area contributed by atoms with Gasteiger partial charge in [-0.1, -0.05) is 6.92 Å². The Morgan fingerprint density at radius 3 is 2.65 bits per heavy atom. The SMILES string of the molecule is CC[C@@]1(O)COC(=O)[C@@]12CCC[C@@](O)(CO)C2. The second-order valence-corrected chi connectivity index (χ2v) is 5.46. The third-order valence-electron chi connectivity index (χ3n) is 4.48. The van der Waals surface area contributed by atoms with Gasteiger partial charge in [0.2, 0.25) is 0 Å². The van der Waals surface area contributed by atoms with Gasteiger partial charge in [-0.05, 0) is 32.1 Å². The van der Waals surface area contributed by atoms with Crippen LogP contribution in [0.1, 0.15) is 39.0 Å². The Morgan fingerprint density at radius 2 is 2.06 bits per heavy atom. The molecule has 2 fully saturated rings. The smallest absolute Gasteiger partial charge is 0.315 e. The fraction of sp³-hybridized carbons (Fsp3) is 0.917. The van der Waals surface area contributed by atoms with Crippen LogP contribution in [0.5, 0.6) is 0 Å². The van der Waals surface area contributed by atoms with Crippen LogP contribution in [0.4, 0.5) is 0 Å². The van der Waals surface area contributed by atoms with Crippen molar-refractivity contribution < 1.29 is 24.9 Å². The van der Waals surface area contributed by atoms with Crippen molar-refractivity contribution in [1.29, 1.82) is 0 Å². The van der Waals surface area contributed by atoms with E-state index in [-0.39, 0.29) is 19.6 Å². The van der Waals surface area contributed by atoms with Crippen LogP contribution in [0.15, 0.2) is 0 Å². The summed E-state index contributed by atoms with van der Waals surface area (Å²) in [5.74, 6) is -0.437. The molecule has 0 aromatic heterocycles. The lowest BCUT2D eigenvalue weighted by molar-refractivity contribution is -0.167. The monoisotopic (exact) mass is 244 g/mol. The predicted molar refractivity (Wildman–Crippen MR) is 59.1 cm³/mol. The van der Waals surface area contributed by atoms with Crippen LogP contribution in [0, 0.1) is 5.41 Å². The summed E-state index contributed by atoms with van der Waals surface area (Å²) in [6.45, 7) is 1.40. The maximum absolute atomic E-state index is 12.0. The molecule has 1 saturated heterocycles. The molecule has 0 unspecified atom stereocenters. The molecule has 0 bridgehead atoms. The molecule has 17 heavy (non-hydrogen) atoms. The summed E-state index contributed by atoms with van der Waals surface area (Å²) >= 11 is 0. The first kappa shape index (κ1) is 12.8. The van der Waals surface area contributed by atoms with Gasteiger partial charge in [0.1, 0.15) is 17.6 Å². The van der Waals surface area contributed by atoms with E-state index in [0.29, 0.717) is 25.7 Å². The summed E-state index contributed by atoms with van der Waals surface area (Å²) in [6.07, 6.45) is 2.06. The van der Waals surface area contributed by atoms with E-state index >= 15 is 0 Å². The summed E-state index contributed by atoms with van der Waals surface area (Å²) in [5, 5.41) is 30.0. The van der Waals surface area contributed by atoms with Gasteiger partial charge in [-0.2, -0.15) is 0 Å². The molecule has 1 aliphatic heterocycles. The quantitative estimate of drug-likeness (QED) is 0.594. The number of carbonyl (C=O) groups is 1. The Hall–Kier alpha value is -0.650. The zero-order chi connectivity index (χ0) is 12.7. The molecule has 2 aliphatic rings. The Balaban J connectivity index is 2.36. The second-order valence-electron chi connectivity index (χ2n) is 5.46. The van der Waals surface area contributed by atoms with Gasteiger partial charge in [-0.25, -0.2) is 0 Å². The molecular weight excluding hydrogens is 224 g/mol. The van der Waals surface area contributed by atoms with Crippen LogP contribution in [-0.4, -0.2) is 45.7 Å². The zero-order valence-electron chi connectivity index (χ0n) is 10.1. The van der Waals surface area contributed by atoms with E-state index < -0.39 is 22.6 Å². The standard InChI is InChI=1S/C12H20O5/c1-2-12(16)8-17-9(14)11(12)5-3-4-10(15,6-11)7-13/h13,15-16H,2-8H2,1H3/t10-,11-,12+/m0/s1. The lowest BCUT2D eigenvalue weighted by Crippen LogP contribution is -2.56. The maximum Gasteiger partial charge on any atom is 0.315 e. The van der Waals surface area contributed by atoms with Gasteiger partial charge in [0, 0.05) is 0 Å². The molecule has 0 aromatic carbocycles. The van der Waals surface area contributed by atoms with Gasteiger partial charge in [-0.3, -0.25) is 4.79 Å². The molecule has 0 amide bonds. The van der Waals surface area contributed by atoms with E-state index in [1.54, 1.807) is 6.92 Å². The second kappa shape index (κ2) is 3.93. The Morgan fingerprint density at radius 1 is 1.35 bits per heavy atom. The number of rotatable bonds is 2. The maximum atomic E-state index is 12.0. The number of esters is 1. The van der Waals surface area contributed by atoms with Crippen LogP contribution in [-0.2, 0) is 9.53 Å². The average Bonchev–Trinajstić information content (AvgIpc) is 2.56. The predicted octanol–water partition coefficient (Wildman–Crippen LogP) is -0.0319. The summed E-state index contributed by atoms with van der Waals surface area (Å²) in [4.78, 5) is 12.0. The highest BCUT2D eigenvalue weighted by molar-refractivity contribution is 5.81. The number of cyclic esters (lactones) is 1. The highest BCUT2D eigenvalue weighted by Crippen LogP contribution is 2.53. The molecule has 1 saturated carbocycles. The van der Waals surface area contributed by atoms with Crippen LogP contribution >= 0.6 is 0 Å². The molecule has 1 heterocycles. The van der Waals surface area contributed by atoms with Gasteiger partial charge < -0.3 is 20.1 Å². The first-order chi connectivity index (χ1) is 7.91. The zero-order valence-corrected chi connectivity index (χ0v) is 10.1. The molecule has 1 aliphatic carbocycles. The van der Waals surface area contributed by atoms with Crippen LogP contribution in [0.2, 0.25) is 0 Å². The Bertz CT molecular complexity index is 331. The van der Waals surface area contributed by atoms with E-state index in [4.69, 9.17) is 4.74 Å². The Labute approximate surface area is 100 Å². The lowest BCUT2D eigenvalue weighted by atomic mass is 9.60. The molecule has 0 radical (unpaired) electrons. The molecule has 5 heteroatoms. The molecule has 3 N–H and O–H groups in total. The average molecular weight is 244 g/mol. The number of carbonyl (C=O) groups excluding carboxylic acids is 1. The summed E-state index contributed by atoms with van der Waals surface area (Å²) in [5.41, 5.74) is -3.53. The topological polar surface area (TPSA) is 87.0 Å². The summed E-state index contributed by atoms with van der Waals surface area (Å²) in [7, 11) is 0. The molecule has 3 atom stereocenters. The molecular formula is C12H20O5. The molecule has 98 valence electrons. The minimum atomic E-state index is -1.27. The van der Waals surface area contributed by atoms with E-state index in [2.05, 4.69) is 0 Å². The van der Waals surface area contributed by atoms with Gasteiger partial charge in [0.05, 0.1) is 12.2 Å². The van der Waals surface area contributed by atoms with Crippen LogP contribution < -0.4 is 0 Å². The van der Waals surface area contributed by atoms with E-state index in [0.717, 1.165) is 0 Å². The van der Waals surface area contributed by atoms with Gasteiger partial charge >= 0.3 is 5.97 Å². The van der Waals surface area contributed by atoms with E-state index in [1.807, 2.05) is 0 Å². The number of hydrogen-bond donors (Lipinski definition) is 3. The van der Waals surface area contributed by atoms with Gasteiger partial charge in [-0.15, -0.1) is 0 Å². The van der Waals surface area contributed by atoms with E-state index in [9.17, 15) is 20.1 Å². The fourth-order valence-corrected chi connectivity index (χ4v) is 3.26. The van der Waals surface area contributed by atoms with Crippen molar-refractivity contribution in [2.24, 2.45) is 5.41 Å². The molecule has 1 spiro atoms. The Kier molecular flexibility index (Phi) is 2.96. The van der Waals surface area contributed by atoms with Crippen LogP contribution in [0.25, 0.3) is 0 Å². The van der Waals surface area contributed by atoms with Crippen molar-refractivity contribution >= 4 is 5.97 Å². The summed E-state index contributed by atoms with van der Waals surface area (Å²) in [6, 6.07) is 0. The molecule has 5 nitrogen and oxygen atoms in total. The highest BCUT2D eigenvalue weighted by Gasteiger charge is 2.64. The first-order valence-corrected chi connectivity index (χ1v) is 6.14. The van der Waals surface area contributed by atoms with Crippen molar-refractivity contribution in [2.75, 3.05) is 13.2 Å². The van der Waals surface area contributed by atoms with Gasteiger partial charge in [0.25, 0.3) is 0 Å². The minimum absolute atomic E-state index is 0.0101. The lowest BCUT2D eigenvalue weighted by Gasteiger charge is -2.46. The van der Waals surface area contributed by atoms with Crippen molar-refractivity contribution in [2.45, 2.75) is 50.2 Å². The normalized spacial score (nSPS) is 46.2. The number of hydrogen-bond acceptors (Lipinski definition) is 5. The number of ether oxygens (including phenoxy) is 1. The van der Waals surface area contributed by atoms with Gasteiger partial charge in [0.15, 0.2) is 0 Å². The number of aliphatic hydroxyl groups excluding tert-OH is 1. The summed E-state index contributed by atoms with van der Waals surface area (Å²) < 4.78 is 5.01.